The average Bonchev–Trinajstić information content (AvgIpc) is 2.77. The predicted molar refractivity (Wildman–Crippen MR) is 48.4 cm³/mol. The van der Waals surface area contributed by atoms with Gasteiger partial charge in [0.1, 0.15) is 0 Å². The number of anilines is 1. The van der Waals surface area contributed by atoms with Crippen molar-refractivity contribution in [2.45, 2.75) is 31.7 Å². The summed E-state index contributed by atoms with van der Waals surface area (Å²) >= 11 is 0. The summed E-state index contributed by atoms with van der Waals surface area (Å²) in [6.45, 7) is 2.20. The lowest BCUT2D eigenvalue weighted by molar-refractivity contribution is 1.03. The summed E-state index contributed by atoms with van der Waals surface area (Å²) in [5.74, 6) is 0.818. The molecule has 1 saturated carbocycles. The van der Waals surface area contributed by atoms with E-state index in [1.807, 2.05) is 12.4 Å². The number of nitrogens with zero attached hydrogens (tertiary/aromatic N) is 1. The lowest BCUT2D eigenvalue weighted by Crippen LogP contribution is -1.97. The van der Waals surface area contributed by atoms with Crippen LogP contribution in [0.15, 0.2) is 12.4 Å². The van der Waals surface area contributed by atoms with Crippen LogP contribution in [0.1, 0.15) is 30.4 Å². The Hall–Kier alpha value is -1.05. The van der Waals surface area contributed by atoms with Gasteiger partial charge in [0.05, 0.1) is 11.9 Å². The van der Waals surface area contributed by atoms with Gasteiger partial charge < -0.3 is 5.32 Å². The molecule has 0 radical (unpaired) electrons. The van der Waals surface area contributed by atoms with Crippen LogP contribution in [0.4, 0.5) is 5.69 Å². The van der Waals surface area contributed by atoms with Gasteiger partial charge in [-0.25, -0.2) is 0 Å². The molecule has 2 heterocycles. The topological polar surface area (TPSA) is 24.9 Å². The normalized spacial score (nSPS) is 29.1. The molecule has 0 amide bonds. The smallest absolute Gasteiger partial charge is 0.0568 e. The first-order valence-electron chi connectivity index (χ1n) is 4.63. The monoisotopic (exact) mass is 160 g/mol. The molecule has 0 bridgehead atoms. The third kappa shape index (κ3) is 0.675. The van der Waals surface area contributed by atoms with E-state index in [0.717, 1.165) is 18.4 Å². The predicted octanol–water partition coefficient (Wildman–Crippen LogP) is 1.93. The summed E-state index contributed by atoms with van der Waals surface area (Å²) in [4.78, 5) is 4.22. The molecular formula is C10H12N2. The Kier molecular flexibility index (Phi) is 1.08. The van der Waals surface area contributed by atoms with Gasteiger partial charge in [-0.2, -0.15) is 0 Å². The van der Waals surface area contributed by atoms with Crippen molar-refractivity contribution in [3.63, 3.8) is 0 Å². The van der Waals surface area contributed by atoms with E-state index in [1.165, 1.54) is 17.7 Å². The van der Waals surface area contributed by atoms with Crippen LogP contribution in [0.5, 0.6) is 0 Å². The highest BCUT2D eigenvalue weighted by Crippen LogP contribution is 2.52. The van der Waals surface area contributed by atoms with Crippen LogP contribution in [0.3, 0.4) is 0 Å². The standard InChI is InChI=1S/C10H12N2/c1-2-6-4-11-5-9-10(6)7-3-8(7)12-9/h4-5,7-8,12H,2-3H2,1H3/t7-,8?/m0/s1. The minimum absolute atomic E-state index is 0.745. The fourth-order valence-corrected chi connectivity index (χ4v) is 2.22. The van der Waals surface area contributed by atoms with Crippen molar-refractivity contribution in [1.82, 2.24) is 4.98 Å². The molecule has 2 nitrogen and oxygen atoms in total. The van der Waals surface area contributed by atoms with Crippen LogP contribution in [0.2, 0.25) is 0 Å². The molecule has 2 atom stereocenters. The molecule has 1 aliphatic carbocycles. The largest absolute Gasteiger partial charge is 0.380 e. The minimum atomic E-state index is 0.745. The molecule has 12 heavy (non-hydrogen) atoms. The highest BCUT2D eigenvalue weighted by molar-refractivity contribution is 5.64. The summed E-state index contributed by atoms with van der Waals surface area (Å²) in [5, 5.41) is 3.48. The van der Waals surface area contributed by atoms with Crippen molar-refractivity contribution < 1.29 is 0 Å². The first-order valence-corrected chi connectivity index (χ1v) is 4.63. The van der Waals surface area contributed by atoms with E-state index in [4.69, 9.17) is 0 Å². The van der Waals surface area contributed by atoms with Gasteiger partial charge in [-0.05, 0) is 24.0 Å². The first-order chi connectivity index (χ1) is 5.90. The van der Waals surface area contributed by atoms with Crippen molar-refractivity contribution in [1.29, 1.82) is 0 Å². The van der Waals surface area contributed by atoms with Gasteiger partial charge in [-0.3, -0.25) is 4.98 Å². The second-order valence-electron chi connectivity index (χ2n) is 3.71. The quantitative estimate of drug-likeness (QED) is 0.679. The number of aryl methyl sites for hydroxylation is 1. The fraction of sp³-hybridized carbons (Fsp3) is 0.500. The Morgan fingerprint density at radius 1 is 1.58 bits per heavy atom. The molecule has 3 rings (SSSR count). The van der Waals surface area contributed by atoms with Gasteiger partial charge in [0.2, 0.25) is 0 Å². The number of nitrogens with one attached hydrogen (secondary N) is 1. The molecule has 1 N–H and O–H groups in total. The molecule has 1 fully saturated rings. The maximum Gasteiger partial charge on any atom is 0.0568 e. The molecule has 1 aliphatic heterocycles. The number of aromatic nitrogens is 1. The first kappa shape index (κ1) is 6.46. The molecule has 2 aliphatic rings. The van der Waals surface area contributed by atoms with E-state index in [2.05, 4.69) is 17.2 Å². The van der Waals surface area contributed by atoms with Crippen molar-refractivity contribution in [2.24, 2.45) is 0 Å². The fourth-order valence-electron chi connectivity index (χ4n) is 2.22. The molecule has 62 valence electrons. The molecule has 1 aromatic heterocycles. The van der Waals surface area contributed by atoms with Gasteiger partial charge in [-0.15, -0.1) is 0 Å². The number of fused-ring (bicyclic) bond motifs is 3. The third-order valence-electron chi connectivity index (χ3n) is 2.95. The Bertz CT molecular complexity index is 333. The zero-order valence-electron chi connectivity index (χ0n) is 7.17. The summed E-state index contributed by atoms with van der Waals surface area (Å²) in [5.41, 5.74) is 4.28. The van der Waals surface area contributed by atoms with Crippen molar-refractivity contribution in [3.05, 3.63) is 23.5 Å². The van der Waals surface area contributed by atoms with Crippen LogP contribution < -0.4 is 5.32 Å². The zero-order chi connectivity index (χ0) is 8.13. The summed E-state index contributed by atoms with van der Waals surface area (Å²) in [7, 11) is 0. The van der Waals surface area contributed by atoms with E-state index < -0.39 is 0 Å². The van der Waals surface area contributed by atoms with Crippen LogP contribution >= 0.6 is 0 Å². The number of pyridine rings is 1. The SMILES string of the molecule is CCc1cncc2c1[C@H]1CC1N2. The Balaban J connectivity index is 2.18. The molecule has 0 spiro atoms. The van der Waals surface area contributed by atoms with E-state index in [-0.39, 0.29) is 0 Å². The summed E-state index contributed by atoms with van der Waals surface area (Å²) in [6, 6.07) is 0.745. The zero-order valence-corrected chi connectivity index (χ0v) is 7.17. The summed E-state index contributed by atoms with van der Waals surface area (Å²) in [6.07, 6.45) is 6.42. The molecule has 0 aromatic carbocycles. The average molecular weight is 160 g/mol. The molecule has 1 aromatic rings. The van der Waals surface area contributed by atoms with Crippen LogP contribution in [0.25, 0.3) is 0 Å². The van der Waals surface area contributed by atoms with Gasteiger partial charge in [0.15, 0.2) is 0 Å². The van der Waals surface area contributed by atoms with Gasteiger partial charge in [-0.1, -0.05) is 6.92 Å². The van der Waals surface area contributed by atoms with E-state index >= 15 is 0 Å². The Morgan fingerprint density at radius 2 is 2.50 bits per heavy atom. The lowest BCUT2D eigenvalue weighted by atomic mass is 10.0. The highest BCUT2D eigenvalue weighted by Gasteiger charge is 2.46. The second-order valence-corrected chi connectivity index (χ2v) is 3.71. The van der Waals surface area contributed by atoms with E-state index in [1.54, 1.807) is 5.56 Å². The minimum Gasteiger partial charge on any atom is -0.380 e. The highest BCUT2D eigenvalue weighted by atomic mass is 15.0. The maximum absolute atomic E-state index is 4.22. The Labute approximate surface area is 72.0 Å². The lowest BCUT2D eigenvalue weighted by Gasteiger charge is -2.06. The van der Waals surface area contributed by atoms with E-state index in [0.29, 0.717) is 0 Å². The third-order valence-corrected chi connectivity index (χ3v) is 2.95. The van der Waals surface area contributed by atoms with Crippen LogP contribution in [-0.4, -0.2) is 11.0 Å². The molecular weight excluding hydrogens is 148 g/mol. The van der Waals surface area contributed by atoms with Gasteiger partial charge in [0, 0.05) is 18.2 Å². The maximum atomic E-state index is 4.22. The Morgan fingerprint density at radius 3 is 3.33 bits per heavy atom. The van der Waals surface area contributed by atoms with Crippen LogP contribution in [0, 0.1) is 0 Å². The van der Waals surface area contributed by atoms with Crippen molar-refractivity contribution in [2.75, 3.05) is 5.32 Å². The van der Waals surface area contributed by atoms with Gasteiger partial charge in [0.25, 0.3) is 0 Å². The number of rotatable bonds is 1. The summed E-state index contributed by atoms with van der Waals surface area (Å²) < 4.78 is 0. The van der Waals surface area contributed by atoms with Gasteiger partial charge >= 0.3 is 0 Å². The van der Waals surface area contributed by atoms with E-state index in [9.17, 15) is 0 Å². The number of hydrogen-bond acceptors (Lipinski definition) is 2. The number of hydrogen-bond donors (Lipinski definition) is 1. The molecule has 2 heteroatoms. The van der Waals surface area contributed by atoms with Crippen molar-refractivity contribution in [3.8, 4) is 0 Å². The van der Waals surface area contributed by atoms with Crippen molar-refractivity contribution >= 4 is 5.69 Å². The second kappa shape index (κ2) is 2.00. The molecule has 0 saturated heterocycles. The molecule has 1 unspecified atom stereocenters. The van der Waals surface area contributed by atoms with Crippen LogP contribution in [-0.2, 0) is 6.42 Å².